The van der Waals surface area contributed by atoms with Gasteiger partial charge in [0, 0.05) is 23.6 Å². The van der Waals surface area contributed by atoms with Crippen LogP contribution >= 0.6 is 27.5 Å². The van der Waals surface area contributed by atoms with Gasteiger partial charge in [-0.15, -0.1) is 0 Å². The van der Waals surface area contributed by atoms with E-state index < -0.39 is 0 Å². The first-order chi connectivity index (χ1) is 12.7. The summed E-state index contributed by atoms with van der Waals surface area (Å²) in [4.78, 5) is 2.68. The summed E-state index contributed by atoms with van der Waals surface area (Å²) in [5.41, 5.74) is 2.74. The molecule has 1 saturated heterocycles. The average Bonchev–Trinajstić information content (AvgIpc) is 2.69. The number of piperidine rings is 1. The lowest BCUT2D eigenvalue weighted by Gasteiger charge is -2.37. The van der Waals surface area contributed by atoms with Gasteiger partial charge in [-0.05, 0) is 77.5 Å². The van der Waals surface area contributed by atoms with Gasteiger partial charge in [-0.2, -0.15) is 0 Å². The molecule has 2 aromatic rings. The van der Waals surface area contributed by atoms with Crippen LogP contribution in [-0.4, -0.2) is 30.6 Å². The van der Waals surface area contributed by atoms with E-state index in [1.165, 1.54) is 24.0 Å². The van der Waals surface area contributed by atoms with Crippen LogP contribution in [0.3, 0.4) is 0 Å². The summed E-state index contributed by atoms with van der Waals surface area (Å²) in [5, 5.41) is 4.29. The third-order valence-corrected chi connectivity index (χ3v) is 6.65. The molecule has 140 valence electrons. The van der Waals surface area contributed by atoms with Crippen molar-refractivity contribution in [3.63, 3.8) is 0 Å². The molecule has 1 aliphatic rings. The maximum Gasteiger partial charge on any atom is 0.0551 e. The Morgan fingerprint density at radius 1 is 1.15 bits per heavy atom. The van der Waals surface area contributed by atoms with E-state index in [0.717, 1.165) is 42.1 Å². The van der Waals surface area contributed by atoms with E-state index in [4.69, 9.17) is 11.6 Å². The monoisotopic (exact) mass is 434 g/mol. The molecule has 0 saturated carbocycles. The fourth-order valence-corrected chi connectivity index (χ4v) is 4.32. The van der Waals surface area contributed by atoms with Crippen molar-refractivity contribution < 1.29 is 0 Å². The number of nitrogens with zero attached hydrogens (tertiary/aromatic N) is 1. The predicted molar refractivity (Wildman–Crippen MR) is 115 cm³/mol. The van der Waals surface area contributed by atoms with E-state index >= 15 is 0 Å². The number of benzene rings is 2. The second-order valence-electron chi connectivity index (χ2n) is 7.17. The van der Waals surface area contributed by atoms with Gasteiger partial charge in [0.05, 0.1) is 5.02 Å². The molecule has 4 heteroatoms. The molecule has 1 unspecified atom stereocenters. The molecular formula is C22H28BrClN2. The Morgan fingerprint density at radius 2 is 1.88 bits per heavy atom. The Balaban J connectivity index is 1.79. The Kier molecular flexibility index (Phi) is 7.56. The lowest BCUT2D eigenvalue weighted by molar-refractivity contribution is 0.143. The van der Waals surface area contributed by atoms with Gasteiger partial charge in [0.25, 0.3) is 0 Å². The molecule has 0 aromatic heterocycles. The zero-order chi connectivity index (χ0) is 18.4. The first-order valence-corrected chi connectivity index (χ1v) is 10.8. The van der Waals surface area contributed by atoms with E-state index in [2.05, 4.69) is 81.6 Å². The van der Waals surface area contributed by atoms with Gasteiger partial charge >= 0.3 is 0 Å². The molecule has 0 aliphatic carbocycles. The summed E-state index contributed by atoms with van der Waals surface area (Å²) < 4.78 is 0.965. The van der Waals surface area contributed by atoms with Crippen LogP contribution in [0.4, 0.5) is 0 Å². The molecule has 0 spiro atoms. The minimum absolute atomic E-state index is 0.567. The Labute approximate surface area is 171 Å². The zero-order valence-electron chi connectivity index (χ0n) is 15.4. The van der Waals surface area contributed by atoms with Gasteiger partial charge < -0.3 is 5.32 Å². The van der Waals surface area contributed by atoms with E-state index in [1.54, 1.807) is 0 Å². The molecule has 1 N–H and O–H groups in total. The summed E-state index contributed by atoms with van der Waals surface area (Å²) in [6, 6.07) is 17.9. The molecule has 1 aliphatic heterocycles. The van der Waals surface area contributed by atoms with E-state index in [0.29, 0.717) is 12.0 Å². The highest BCUT2D eigenvalue weighted by atomic mass is 79.9. The van der Waals surface area contributed by atoms with Crippen LogP contribution in [0.15, 0.2) is 53.0 Å². The smallest absolute Gasteiger partial charge is 0.0551 e. The van der Waals surface area contributed by atoms with Gasteiger partial charge in [0.2, 0.25) is 0 Å². The molecule has 1 atom stereocenters. The van der Waals surface area contributed by atoms with Crippen molar-refractivity contribution in [1.82, 2.24) is 10.2 Å². The van der Waals surface area contributed by atoms with Crippen molar-refractivity contribution in [2.24, 2.45) is 0 Å². The second-order valence-corrected chi connectivity index (χ2v) is 8.44. The van der Waals surface area contributed by atoms with Gasteiger partial charge in [-0.25, -0.2) is 0 Å². The van der Waals surface area contributed by atoms with Crippen molar-refractivity contribution in [3.05, 3.63) is 69.2 Å². The Bertz CT molecular complexity index is 686. The molecule has 0 amide bonds. The number of halogens is 2. The van der Waals surface area contributed by atoms with Crippen molar-refractivity contribution in [2.75, 3.05) is 19.6 Å². The highest BCUT2D eigenvalue weighted by molar-refractivity contribution is 9.10. The number of nitrogens with one attached hydrogen (secondary N) is 1. The SMILES string of the molecule is CCC(CN(Cc1ccc(Br)c(Cl)c1)C1CCNCC1)c1ccccc1. The van der Waals surface area contributed by atoms with Crippen LogP contribution in [-0.2, 0) is 6.54 Å². The third kappa shape index (κ3) is 5.32. The van der Waals surface area contributed by atoms with Gasteiger partial charge in [-0.1, -0.05) is 54.9 Å². The highest BCUT2D eigenvalue weighted by Crippen LogP contribution is 2.27. The molecule has 2 aromatic carbocycles. The van der Waals surface area contributed by atoms with Crippen LogP contribution in [0.2, 0.25) is 5.02 Å². The van der Waals surface area contributed by atoms with Crippen molar-refractivity contribution in [1.29, 1.82) is 0 Å². The van der Waals surface area contributed by atoms with E-state index in [1.807, 2.05) is 0 Å². The van der Waals surface area contributed by atoms with Crippen LogP contribution in [0.5, 0.6) is 0 Å². The maximum atomic E-state index is 6.34. The first kappa shape index (κ1) is 19.9. The summed E-state index contributed by atoms with van der Waals surface area (Å²) >= 11 is 9.84. The molecule has 3 rings (SSSR count). The number of hydrogen-bond donors (Lipinski definition) is 1. The standard InChI is InChI=1S/C22H28BrClN2/c1-2-18(19-6-4-3-5-7-19)16-26(20-10-12-25-13-11-20)15-17-8-9-21(23)22(24)14-17/h3-9,14,18,20,25H,2,10-13,15-16H2,1H3. The quantitative estimate of drug-likeness (QED) is 0.587. The number of rotatable bonds is 7. The normalized spacial score (nSPS) is 16.8. The summed E-state index contributed by atoms with van der Waals surface area (Å²) in [6.07, 6.45) is 3.59. The maximum absolute atomic E-state index is 6.34. The fourth-order valence-electron chi connectivity index (χ4n) is 3.87. The minimum atomic E-state index is 0.567. The topological polar surface area (TPSA) is 15.3 Å². The van der Waals surface area contributed by atoms with Gasteiger partial charge in [0.1, 0.15) is 0 Å². The summed E-state index contributed by atoms with van der Waals surface area (Å²) in [6.45, 7) is 6.59. The molecule has 1 heterocycles. The van der Waals surface area contributed by atoms with Crippen molar-refractivity contribution in [2.45, 2.75) is 44.7 Å². The third-order valence-electron chi connectivity index (χ3n) is 5.41. The fraction of sp³-hybridized carbons (Fsp3) is 0.455. The Hall–Kier alpha value is -0.870. The van der Waals surface area contributed by atoms with Crippen molar-refractivity contribution >= 4 is 27.5 Å². The lowest BCUT2D eigenvalue weighted by Crippen LogP contribution is -2.44. The molecule has 1 fully saturated rings. The van der Waals surface area contributed by atoms with Gasteiger partial charge in [0.15, 0.2) is 0 Å². The molecule has 26 heavy (non-hydrogen) atoms. The molecule has 0 bridgehead atoms. The van der Waals surface area contributed by atoms with Crippen LogP contribution in [0, 0.1) is 0 Å². The number of hydrogen-bond acceptors (Lipinski definition) is 2. The lowest BCUT2D eigenvalue weighted by atomic mass is 9.94. The minimum Gasteiger partial charge on any atom is -0.317 e. The average molecular weight is 436 g/mol. The molecular weight excluding hydrogens is 408 g/mol. The molecule has 0 radical (unpaired) electrons. The van der Waals surface area contributed by atoms with Crippen LogP contribution in [0.25, 0.3) is 0 Å². The van der Waals surface area contributed by atoms with E-state index in [9.17, 15) is 0 Å². The van der Waals surface area contributed by atoms with Gasteiger partial charge in [-0.3, -0.25) is 4.90 Å². The highest BCUT2D eigenvalue weighted by Gasteiger charge is 2.24. The zero-order valence-corrected chi connectivity index (χ0v) is 17.8. The van der Waals surface area contributed by atoms with E-state index in [-0.39, 0.29) is 0 Å². The largest absolute Gasteiger partial charge is 0.317 e. The summed E-state index contributed by atoms with van der Waals surface area (Å²) in [5.74, 6) is 0.567. The van der Waals surface area contributed by atoms with Crippen molar-refractivity contribution in [3.8, 4) is 0 Å². The predicted octanol–water partition coefficient (Wildman–Crippen LogP) is 5.85. The first-order valence-electron chi connectivity index (χ1n) is 9.61. The van der Waals surface area contributed by atoms with Crippen LogP contribution < -0.4 is 5.32 Å². The second kappa shape index (κ2) is 9.89. The molecule has 2 nitrogen and oxygen atoms in total. The Morgan fingerprint density at radius 3 is 2.54 bits per heavy atom. The summed E-state index contributed by atoms with van der Waals surface area (Å²) in [7, 11) is 0. The van der Waals surface area contributed by atoms with Crippen LogP contribution in [0.1, 0.15) is 43.2 Å².